The molecule has 0 saturated heterocycles. The van der Waals surface area contributed by atoms with E-state index in [9.17, 15) is 4.79 Å². The van der Waals surface area contributed by atoms with Crippen LogP contribution in [-0.4, -0.2) is 28.6 Å². The van der Waals surface area contributed by atoms with Gasteiger partial charge in [0.2, 0.25) is 5.88 Å². The second-order valence-electron chi connectivity index (χ2n) is 4.19. The molecule has 1 heterocycles. The number of ether oxygens (including phenoxy) is 2. The second kappa shape index (κ2) is 5.66. The fraction of sp³-hybridized carbons (Fsp3) is 0.583. The third-order valence-corrected chi connectivity index (χ3v) is 2.84. The molecule has 1 aliphatic rings. The van der Waals surface area contributed by atoms with Gasteiger partial charge in [-0.05, 0) is 32.6 Å². The zero-order valence-corrected chi connectivity index (χ0v) is 10.4. The summed E-state index contributed by atoms with van der Waals surface area (Å²) in [4.78, 5) is 19.5. The zero-order chi connectivity index (χ0) is 13.0. The third kappa shape index (κ3) is 2.88. The van der Waals surface area contributed by atoms with Gasteiger partial charge in [0.25, 0.3) is 0 Å². The molecule has 0 bridgehead atoms. The number of esters is 1. The SMILES string of the molecule is CCOC(=O)c1ncc(OC2CCCC2)nc1N. The Morgan fingerprint density at radius 1 is 1.50 bits per heavy atom. The van der Waals surface area contributed by atoms with E-state index in [2.05, 4.69) is 9.97 Å². The maximum atomic E-state index is 11.5. The van der Waals surface area contributed by atoms with Gasteiger partial charge in [-0.25, -0.2) is 9.78 Å². The Kier molecular flexibility index (Phi) is 3.96. The number of nitrogens with two attached hydrogens (primary N) is 1. The summed E-state index contributed by atoms with van der Waals surface area (Å²) in [5.74, 6) is -0.147. The quantitative estimate of drug-likeness (QED) is 0.817. The summed E-state index contributed by atoms with van der Waals surface area (Å²) < 4.78 is 10.5. The van der Waals surface area contributed by atoms with Gasteiger partial charge in [0.1, 0.15) is 6.10 Å². The molecule has 0 spiro atoms. The first-order valence-electron chi connectivity index (χ1n) is 6.17. The molecular formula is C12H17N3O3. The van der Waals surface area contributed by atoms with Crippen molar-refractivity contribution in [3.05, 3.63) is 11.9 Å². The number of anilines is 1. The topological polar surface area (TPSA) is 87.3 Å². The van der Waals surface area contributed by atoms with Gasteiger partial charge in [-0.15, -0.1) is 0 Å². The van der Waals surface area contributed by atoms with E-state index in [4.69, 9.17) is 15.2 Å². The standard InChI is InChI=1S/C12H17N3O3/c1-2-17-12(16)10-11(13)15-9(7-14-10)18-8-5-3-4-6-8/h7-8H,2-6H2,1H3,(H2,13,15). The monoisotopic (exact) mass is 251 g/mol. The van der Waals surface area contributed by atoms with Gasteiger partial charge in [-0.3, -0.25) is 0 Å². The van der Waals surface area contributed by atoms with E-state index < -0.39 is 5.97 Å². The summed E-state index contributed by atoms with van der Waals surface area (Å²) in [7, 11) is 0. The van der Waals surface area contributed by atoms with E-state index in [0.717, 1.165) is 12.8 Å². The first kappa shape index (κ1) is 12.6. The van der Waals surface area contributed by atoms with Crippen LogP contribution in [0.25, 0.3) is 0 Å². The van der Waals surface area contributed by atoms with Crippen molar-refractivity contribution in [1.82, 2.24) is 9.97 Å². The molecule has 2 rings (SSSR count). The van der Waals surface area contributed by atoms with E-state index in [1.165, 1.54) is 19.0 Å². The molecule has 0 aliphatic heterocycles. The number of rotatable bonds is 4. The van der Waals surface area contributed by atoms with Gasteiger partial charge in [-0.2, -0.15) is 4.98 Å². The Morgan fingerprint density at radius 3 is 2.83 bits per heavy atom. The predicted octanol–water partition coefficient (Wildman–Crippen LogP) is 1.56. The van der Waals surface area contributed by atoms with Crippen LogP contribution in [0, 0.1) is 0 Å². The molecule has 98 valence electrons. The van der Waals surface area contributed by atoms with Gasteiger partial charge in [0, 0.05) is 0 Å². The molecular weight excluding hydrogens is 234 g/mol. The number of carbonyl (C=O) groups excluding carboxylic acids is 1. The number of aromatic nitrogens is 2. The lowest BCUT2D eigenvalue weighted by Gasteiger charge is -2.12. The maximum Gasteiger partial charge on any atom is 0.360 e. The van der Waals surface area contributed by atoms with Crippen LogP contribution in [0.3, 0.4) is 0 Å². The van der Waals surface area contributed by atoms with Crippen molar-refractivity contribution in [1.29, 1.82) is 0 Å². The summed E-state index contributed by atoms with van der Waals surface area (Å²) in [6, 6.07) is 0. The van der Waals surface area contributed by atoms with Gasteiger partial charge in [0.05, 0.1) is 12.8 Å². The molecule has 0 unspecified atom stereocenters. The molecule has 1 fully saturated rings. The van der Waals surface area contributed by atoms with Crippen LogP contribution in [0.1, 0.15) is 43.1 Å². The second-order valence-corrected chi connectivity index (χ2v) is 4.19. The Balaban J connectivity index is 2.06. The molecule has 6 nitrogen and oxygen atoms in total. The molecule has 1 aromatic rings. The molecule has 1 aromatic heterocycles. The number of hydrogen-bond donors (Lipinski definition) is 1. The van der Waals surface area contributed by atoms with Crippen molar-refractivity contribution in [2.45, 2.75) is 38.7 Å². The van der Waals surface area contributed by atoms with Crippen molar-refractivity contribution in [3.8, 4) is 5.88 Å². The van der Waals surface area contributed by atoms with Crippen LogP contribution in [0.15, 0.2) is 6.20 Å². The lowest BCUT2D eigenvalue weighted by molar-refractivity contribution is 0.0520. The molecule has 1 saturated carbocycles. The zero-order valence-electron chi connectivity index (χ0n) is 10.4. The van der Waals surface area contributed by atoms with Crippen molar-refractivity contribution in [3.63, 3.8) is 0 Å². The summed E-state index contributed by atoms with van der Waals surface area (Å²) in [6.07, 6.45) is 6.01. The van der Waals surface area contributed by atoms with Crippen LogP contribution in [0.2, 0.25) is 0 Å². The smallest absolute Gasteiger partial charge is 0.360 e. The first-order chi connectivity index (χ1) is 8.70. The fourth-order valence-electron chi connectivity index (χ4n) is 1.98. The molecule has 0 radical (unpaired) electrons. The molecule has 18 heavy (non-hydrogen) atoms. The molecule has 0 aromatic carbocycles. The number of hydrogen-bond acceptors (Lipinski definition) is 6. The van der Waals surface area contributed by atoms with Crippen LogP contribution in [-0.2, 0) is 4.74 Å². The number of carbonyl (C=O) groups is 1. The highest BCUT2D eigenvalue weighted by Gasteiger charge is 2.19. The van der Waals surface area contributed by atoms with Gasteiger partial charge < -0.3 is 15.2 Å². The Bertz CT molecular complexity index is 431. The lowest BCUT2D eigenvalue weighted by Crippen LogP contribution is -2.15. The summed E-state index contributed by atoms with van der Waals surface area (Å²) >= 11 is 0. The van der Waals surface area contributed by atoms with E-state index in [1.54, 1.807) is 6.92 Å². The van der Waals surface area contributed by atoms with Crippen molar-refractivity contribution < 1.29 is 14.3 Å². The van der Waals surface area contributed by atoms with Crippen molar-refractivity contribution >= 4 is 11.8 Å². The number of nitrogen functional groups attached to an aromatic ring is 1. The number of nitrogens with zero attached hydrogens (tertiary/aromatic N) is 2. The Labute approximate surface area is 106 Å². The molecule has 6 heteroatoms. The van der Waals surface area contributed by atoms with E-state index in [-0.39, 0.29) is 24.2 Å². The summed E-state index contributed by atoms with van der Waals surface area (Å²) in [5.41, 5.74) is 5.71. The average Bonchev–Trinajstić information content (AvgIpc) is 2.82. The maximum absolute atomic E-state index is 11.5. The van der Waals surface area contributed by atoms with Crippen LogP contribution in [0.4, 0.5) is 5.82 Å². The summed E-state index contributed by atoms with van der Waals surface area (Å²) in [5, 5.41) is 0. The third-order valence-electron chi connectivity index (χ3n) is 2.84. The molecule has 2 N–H and O–H groups in total. The summed E-state index contributed by atoms with van der Waals surface area (Å²) in [6.45, 7) is 2.00. The largest absolute Gasteiger partial charge is 0.473 e. The van der Waals surface area contributed by atoms with Crippen molar-refractivity contribution in [2.24, 2.45) is 0 Å². The minimum Gasteiger partial charge on any atom is -0.473 e. The first-order valence-corrected chi connectivity index (χ1v) is 6.17. The van der Waals surface area contributed by atoms with E-state index in [1.807, 2.05) is 0 Å². The highest BCUT2D eigenvalue weighted by Crippen LogP contribution is 2.23. The minimum atomic E-state index is -0.560. The Hall–Kier alpha value is -1.85. The van der Waals surface area contributed by atoms with E-state index in [0.29, 0.717) is 5.88 Å². The minimum absolute atomic E-state index is 0.0376. The predicted molar refractivity (Wildman–Crippen MR) is 65.3 cm³/mol. The van der Waals surface area contributed by atoms with Crippen molar-refractivity contribution in [2.75, 3.05) is 12.3 Å². The van der Waals surface area contributed by atoms with E-state index >= 15 is 0 Å². The van der Waals surface area contributed by atoms with Gasteiger partial charge >= 0.3 is 5.97 Å². The van der Waals surface area contributed by atoms with Crippen LogP contribution < -0.4 is 10.5 Å². The fourth-order valence-corrected chi connectivity index (χ4v) is 1.98. The Morgan fingerprint density at radius 2 is 2.22 bits per heavy atom. The molecule has 1 aliphatic carbocycles. The van der Waals surface area contributed by atoms with Gasteiger partial charge in [-0.1, -0.05) is 0 Å². The van der Waals surface area contributed by atoms with Gasteiger partial charge in [0.15, 0.2) is 11.5 Å². The normalized spacial score (nSPS) is 15.6. The molecule has 0 amide bonds. The lowest BCUT2D eigenvalue weighted by atomic mass is 10.3. The average molecular weight is 251 g/mol. The molecule has 0 atom stereocenters. The van der Waals surface area contributed by atoms with Crippen LogP contribution >= 0.6 is 0 Å². The van der Waals surface area contributed by atoms with Crippen LogP contribution in [0.5, 0.6) is 5.88 Å². The highest BCUT2D eigenvalue weighted by atomic mass is 16.5. The highest BCUT2D eigenvalue weighted by molar-refractivity contribution is 5.91.